The molecule has 0 fully saturated rings. The van der Waals surface area contributed by atoms with E-state index in [0.717, 1.165) is 5.56 Å². The van der Waals surface area contributed by atoms with Crippen molar-refractivity contribution in [2.24, 2.45) is 0 Å². The van der Waals surface area contributed by atoms with Crippen LogP contribution in [0, 0.1) is 0 Å². The minimum absolute atomic E-state index is 0. The predicted octanol–water partition coefficient (Wildman–Crippen LogP) is 3.69. The van der Waals surface area contributed by atoms with E-state index in [0.29, 0.717) is 23.1 Å². The molecule has 3 rings (SSSR count). The topological polar surface area (TPSA) is 79.7 Å². The summed E-state index contributed by atoms with van der Waals surface area (Å²) in [4.78, 5) is 15.7. The number of hydrogen-bond donors (Lipinski definition) is 2. The van der Waals surface area contributed by atoms with Crippen molar-refractivity contribution < 1.29 is 19.7 Å². The number of pyridine rings is 1. The Kier molecular flexibility index (Phi) is 7.34. The number of carbonyl (C=O) groups is 1. The highest BCUT2D eigenvalue weighted by Gasteiger charge is 2.14. The fraction of sp³-hybridized carbons (Fsp3) is 0.143. The molecule has 0 radical (unpaired) electrons. The van der Waals surface area contributed by atoms with Crippen molar-refractivity contribution in [3.8, 4) is 5.75 Å². The van der Waals surface area contributed by atoms with Gasteiger partial charge in [0.25, 0.3) is 0 Å². The third-order valence-corrected chi connectivity index (χ3v) is 4.06. The van der Waals surface area contributed by atoms with Gasteiger partial charge in [0.1, 0.15) is 11.9 Å². The van der Waals surface area contributed by atoms with Gasteiger partial charge in [0.05, 0.1) is 18.4 Å². The molecule has 0 aliphatic heterocycles. The summed E-state index contributed by atoms with van der Waals surface area (Å²) in [6.45, 7) is 0.279. The first-order chi connectivity index (χ1) is 12.6. The summed E-state index contributed by atoms with van der Waals surface area (Å²) in [7, 11) is 0. The van der Waals surface area contributed by atoms with Crippen molar-refractivity contribution >= 4 is 18.4 Å². The van der Waals surface area contributed by atoms with Gasteiger partial charge in [0, 0.05) is 18.2 Å². The molecule has 0 saturated carbocycles. The van der Waals surface area contributed by atoms with Crippen LogP contribution in [0.3, 0.4) is 0 Å². The van der Waals surface area contributed by atoms with E-state index in [-0.39, 0.29) is 30.7 Å². The highest BCUT2D eigenvalue weighted by molar-refractivity contribution is 5.89. The molecule has 2 N–H and O–H groups in total. The molecule has 0 spiro atoms. The third kappa shape index (κ3) is 5.29. The Labute approximate surface area is 163 Å². The van der Waals surface area contributed by atoms with Gasteiger partial charge in [-0.1, -0.05) is 42.5 Å². The van der Waals surface area contributed by atoms with Crippen molar-refractivity contribution in [1.82, 2.24) is 4.98 Å². The number of aliphatic hydroxyl groups excluding tert-OH is 1. The lowest BCUT2D eigenvalue weighted by molar-refractivity contribution is 0.0509. The fourth-order valence-electron chi connectivity index (χ4n) is 2.59. The van der Waals surface area contributed by atoms with Crippen LogP contribution in [-0.4, -0.2) is 27.8 Å². The zero-order chi connectivity index (χ0) is 18.4. The van der Waals surface area contributed by atoms with Crippen molar-refractivity contribution in [2.75, 3.05) is 6.61 Å². The van der Waals surface area contributed by atoms with Crippen LogP contribution in [0.4, 0.5) is 0 Å². The van der Waals surface area contributed by atoms with Crippen LogP contribution in [0.1, 0.15) is 33.2 Å². The molecular formula is C21H20ClNO4. The molecule has 1 heterocycles. The van der Waals surface area contributed by atoms with Crippen molar-refractivity contribution in [3.63, 3.8) is 0 Å². The molecule has 5 nitrogen and oxygen atoms in total. The second kappa shape index (κ2) is 9.71. The van der Waals surface area contributed by atoms with Crippen LogP contribution in [0.2, 0.25) is 0 Å². The van der Waals surface area contributed by atoms with E-state index >= 15 is 0 Å². The van der Waals surface area contributed by atoms with Gasteiger partial charge in [-0.3, -0.25) is 4.98 Å². The zero-order valence-corrected chi connectivity index (χ0v) is 15.3. The molecule has 0 aliphatic carbocycles. The molecule has 1 unspecified atom stereocenters. The first-order valence-electron chi connectivity index (χ1n) is 8.27. The van der Waals surface area contributed by atoms with Crippen LogP contribution in [0.15, 0.2) is 73.1 Å². The Morgan fingerprint density at radius 1 is 1.04 bits per heavy atom. The van der Waals surface area contributed by atoms with E-state index < -0.39 is 6.10 Å². The molecule has 6 heteroatoms. The summed E-state index contributed by atoms with van der Waals surface area (Å²) < 4.78 is 5.27. The van der Waals surface area contributed by atoms with E-state index in [1.807, 2.05) is 18.2 Å². The lowest BCUT2D eigenvalue weighted by Gasteiger charge is -2.13. The normalized spacial score (nSPS) is 11.3. The summed E-state index contributed by atoms with van der Waals surface area (Å²) in [5.74, 6) is -0.386. The second-order valence-corrected chi connectivity index (χ2v) is 5.83. The Balaban J connectivity index is 0.00000261. The molecule has 27 heavy (non-hydrogen) atoms. The highest BCUT2D eigenvalue weighted by Crippen LogP contribution is 2.28. The largest absolute Gasteiger partial charge is 0.506 e. The minimum Gasteiger partial charge on any atom is -0.506 e. The molecular weight excluding hydrogens is 366 g/mol. The van der Waals surface area contributed by atoms with Crippen molar-refractivity contribution in [3.05, 3.63) is 95.3 Å². The maximum atomic E-state index is 11.9. The SMILES string of the molecule is Cl.O=C(OCCc1ccc(C(O)c2ccncc2O)cc1)c1ccccc1. The summed E-state index contributed by atoms with van der Waals surface area (Å²) in [6, 6.07) is 17.8. The first-order valence-corrected chi connectivity index (χ1v) is 8.27. The van der Waals surface area contributed by atoms with Crippen LogP contribution < -0.4 is 0 Å². The number of aromatic nitrogens is 1. The van der Waals surface area contributed by atoms with Gasteiger partial charge < -0.3 is 14.9 Å². The molecule has 3 aromatic rings. The number of ether oxygens (including phenoxy) is 1. The predicted molar refractivity (Wildman–Crippen MR) is 104 cm³/mol. The molecule has 0 bridgehead atoms. The van der Waals surface area contributed by atoms with Crippen molar-refractivity contribution in [1.29, 1.82) is 0 Å². The van der Waals surface area contributed by atoms with Gasteiger partial charge in [-0.2, -0.15) is 0 Å². The molecule has 140 valence electrons. The Bertz CT molecular complexity index is 869. The second-order valence-electron chi connectivity index (χ2n) is 5.83. The average Bonchev–Trinajstić information content (AvgIpc) is 2.69. The Morgan fingerprint density at radius 2 is 1.74 bits per heavy atom. The number of carbonyl (C=O) groups excluding carboxylic acids is 1. The minimum atomic E-state index is -0.928. The number of benzene rings is 2. The van der Waals surface area contributed by atoms with Gasteiger partial charge in [-0.05, 0) is 29.3 Å². The number of rotatable bonds is 6. The number of nitrogens with zero attached hydrogens (tertiary/aromatic N) is 1. The number of halogens is 1. The smallest absolute Gasteiger partial charge is 0.338 e. The van der Waals surface area contributed by atoms with Gasteiger partial charge in [0.2, 0.25) is 0 Å². The molecule has 0 saturated heterocycles. The number of aromatic hydroxyl groups is 1. The maximum absolute atomic E-state index is 11.9. The van der Waals surface area contributed by atoms with E-state index in [1.54, 1.807) is 42.5 Å². The molecule has 1 aromatic heterocycles. The quantitative estimate of drug-likeness (QED) is 0.632. The lowest BCUT2D eigenvalue weighted by Crippen LogP contribution is -2.08. The monoisotopic (exact) mass is 385 g/mol. The number of esters is 1. The number of aliphatic hydroxyl groups is 1. The van der Waals surface area contributed by atoms with Gasteiger partial charge >= 0.3 is 5.97 Å². The van der Waals surface area contributed by atoms with Crippen LogP contribution >= 0.6 is 12.4 Å². The average molecular weight is 386 g/mol. The summed E-state index contributed by atoms with van der Waals surface area (Å²) in [5, 5.41) is 20.2. The lowest BCUT2D eigenvalue weighted by atomic mass is 10.00. The summed E-state index contributed by atoms with van der Waals surface area (Å²) in [5.41, 5.74) is 2.59. The van der Waals surface area contributed by atoms with Gasteiger partial charge in [0.15, 0.2) is 0 Å². The molecule has 0 amide bonds. The van der Waals surface area contributed by atoms with Gasteiger partial charge in [-0.25, -0.2) is 4.79 Å². The number of hydrogen-bond acceptors (Lipinski definition) is 5. The Morgan fingerprint density at radius 3 is 2.41 bits per heavy atom. The van der Waals surface area contributed by atoms with E-state index in [4.69, 9.17) is 4.74 Å². The summed E-state index contributed by atoms with van der Waals surface area (Å²) in [6.07, 6.45) is 2.47. The van der Waals surface area contributed by atoms with Gasteiger partial charge in [-0.15, -0.1) is 12.4 Å². The van der Waals surface area contributed by atoms with Crippen LogP contribution in [0.5, 0.6) is 5.75 Å². The molecule has 1 atom stereocenters. The van der Waals surface area contributed by atoms with Crippen LogP contribution in [0.25, 0.3) is 0 Å². The molecule has 0 aliphatic rings. The van der Waals surface area contributed by atoms with Crippen LogP contribution in [-0.2, 0) is 11.2 Å². The van der Waals surface area contributed by atoms with E-state index in [2.05, 4.69) is 4.98 Å². The summed E-state index contributed by atoms with van der Waals surface area (Å²) >= 11 is 0. The highest BCUT2D eigenvalue weighted by atomic mass is 35.5. The maximum Gasteiger partial charge on any atom is 0.338 e. The first kappa shape index (κ1) is 20.4. The van der Waals surface area contributed by atoms with E-state index in [9.17, 15) is 15.0 Å². The molecule has 2 aromatic carbocycles. The van der Waals surface area contributed by atoms with E-state index in [1.165, 1.54) is 12.4 Å². The van der Waals surface area contributed by atoms with Crippen molar-refractivity contribution in [2.45, 2.75) is 12.5 Å². The Hall–Kier alpha value is -2.89. The standard InChI is InChI=1S/C21H19NO4.ClH/c23-19-14-22-12-10-18(19)20(24)16-8-6-15(7-9-16)11-13-26-21(25)17-4-2-1-3-5-17;/h1-10,12,14,20,23-24H,11,13H2;1H. The third-order valence-electron chi connectivity index (χ3n) is 4.06. The zero-order valence-electron chi connectivity index (χ0n) is 14.5. The fourth-order valence-corrected chi connectivity index (χ4v) is 2.59.